The van der Waals surface area contributed by atoms with Crippen LogP contribution < -0.4 is 10.1 Å². The standard InChI is InChI=1S/C16H25NO3S/c1-5-17-16(3,15(18)20-6-2)10-11-21-14-9-7-8-13(12-14)19-4/h7-9,12,17H,5-6,10-11H2,1-4H3. The van der Waals surface area contributed by atoms with Crippen LogP contribution in [0.15, 0.2) is 29.2 Å². The highest BCUT2D eigenvalue weighted by molar-refractivity contribution is 7.99. The Bertz CT molecular complexity index is 453. The molecule has 0 aromatic heterocycles. The Labute approximate surface area is 131 Å². The van der Waals surface area contributed by atoms with Crippen molar-refractivity contribution in [2.75, 3.05) is 26.0 Å². The number of nitrogens with one attached hydrogen (secondary N) is 1. The van der Waals surface area contributed by atoms with E-state index >= 15 is 0 Å². The molecule has 4 nitrogen and oxygen atoms in total. The minimum atomic E-state index is -0.628. The van der Waals surface area contributed by atoms with Gasteiger partial charge in [-0.05, 0) is 45.0 Å². The van der Waals surface area contributed by atoms with Crippen molar-refractivity contribution >= 4 is 17.7 Å². The molecule has 21 heavy (non-hydrogen) atoms. The maximum Gasteiger partial charge on any atom is 0.326 e. The smallest absolute Gasteiger partial charge is 0.326 e. The molecule has 0 aliphatic heterocycles. The van der Waals surface area contributed by atoms with Crippen LogP contribution in [0.25, 0.3) is 0 Å². The summed E-state index contributed by atoms with van der Waals surface area (Å²) in [6.45, 7) is 6.87. The fourth-order valence-corrected chi connectivity index (χ4v) is 3.13. The molecule has 118 valence electrons. The van der Waals surface area contributed by atoms with Gasteiger partial charge in [-0.15, -0.1) is 11.8 Å². The SMILES string of the molecule is CCNC(C)(CCSc1cccc(OC)c1)C(=O)OCC. The highest BCUT2D eigenvalue weighted by Gasteiger charge is 2.33. The minimum absolute atomic E-state index is 0.182. The average molecular weight is 311 g/mol. The molecule has 0 fully saturated rings. The van der Waals surface area contributed by atoms with Crippen molar-refractivity contribution in [1.29, 1.82) is 0 Å². The molecule has 1 aromatic carbocycles. The summed E-state index contributed by atoms with van der Waals surface area (Å²) < 4.78 is 10.4. The lowest BCUT2D eigenvalue weighted by atomic mass is 9.99. The molecule has 1 atom stereocenters. The molecule has 0 bridgehead atoms. The molecule has 1 rings (SSSR count). The van der Waals surface area contributed by atoms with Crippen molar-refractivity contribution in [3.8, 4) is 5.75 Å². The molecule has 0 saturated heterocycles. The van der Waals surface area contributed by atoms with E-state index in [9.17, 15) is 4.79 Å². The van der Waals surface area contributed by atoms with Gasteiger partial charge < -0.3 is 14.8 Å². The third kappa shape index (κ3) is 5.59. The summed E-state index contributed by atoms with van der Waals surface area (Å²) >= 11 is 1.71. The number of hydrogen-bond donors (Lipinski definition) is 1. The summed E-state index contributed by atoms with van der Waals surface area (Å²) in [6.07, 6.45) is 0.710. The van der Waals surface area contributed by atoms with Gasteiger partial charge in [0, 0.05) is 10.6 Å². The molecule has 0 spiro atoms. The van der Waals surface area contributed by atoms with Gasteiger partial charge in [-0.2, -0.15) is 0 Å². The van der Waals surface area contributed by atoms with E-state index < -0.39 is 5.54 Å². The van der Waals surface area contributed by atoms with E-state index in [1.54, 1.807) is 18.9 Å². The Kier molecular flexibility index (Phi) is 7.61. The number of hydrogen-bond acceptors (Lipinski definition) is 5. The van der Waals surface area contributed by atoms with E-state index in [0.717, 1.165) is 22.9 Å². The van der Waals surface area contributed by atoms with Gasteiger partial charge in [-0.1, -0.05) is 13.0 Å². The van der Waals surface area contributed by atoms with Gasteiger partial charge in [-0.3, -0.25) is 4.79 Å². The first-order valence-electron chi connectivity index (χ1n) is 7.24. The van der Waals surface area contributed by atoms with E-state index in [-0.39, 0.29) is 5.97 Å². The van der Waals surface area contributed by atoms with E-state index in [0.29, 0.717) is 13.0 Å². The molecular weight excluding hydrogens is 286 g/mol. The number of ether oxygens (including phenoxy) is 2. The number of rotatable bonds is 9. The summed E-state index contributed by atoms with van der Waals surface area (Å²) in [6, 6.07) is 7.93. The predicted octanol–water partition coefficient (Wildman–Crippen LogP) is 3.11. The molecule has 1 unspecified atom stereocenters. The topological polar surface area (TPSA) is 47.6 Å². The summed E-state index contributed by atoms with van der Waals surface area (Å²) in [7, 11) is 1.66. The summed E-state index contributed by atoms with van der Waals surface area (Å²) in [4.78, 5) is 13.2. The zero-order valence-corrected chi connectivity index (χ0v) is 14.1. The zero-order valence-electron chi connectivity index (χ0n) is 13.3. The van der Waals surface area contributed by atoms with Crippen LogP contribution in [0.3, 0.4) is 0 Å². The van der Waals surface area contributed by atoms with Crippen molar-refractivity contribution in [3.05, 3.63) is 24.3 Å². The van der Waals surface area contributed by atoms with Crippen LogP contribution in [-0.2, 0) is 9.53 Å². The molecule has 5 heteroatoms. The summed E-state index contributed by atoms with van der Waals surface area (Å²) in [5, 5.41) is 3.24. The van der Waals surface area contributed by atoms with Gasteiger partial charge in [0.05, 0.1) is 13.7 Å². The maximum atomic E-state index is 12.1. The minimum Gasteiger partial charge on any atom is -0.497 e. The van der Waals surface area contributed by atoms with Crippen molar-refractivity contribution < 1.29 is 14.3 Å². The fraction of sp³-hybridized carbons (Fsp3) is 0.562. The Morgan fingerprint density at radius 2 is 2.14 bits per heavy atom. The molecule has 0 saturated carbocycles. The Balaban J connectivity index is 2.58. The first-order chi connectivity index (χ1) is 10.1. The summed E-state index contributed by atoms with van der Waals surface area (Å²) in [5.41, 5.74) is -0.628. The second-order valence-electron chi connectivity index (χ2n) is 4.86. The number of likely N-dealkylation sites (N-methyl/N-ethyl adjacent to an activating group) is 1. The molecule has 0 amide bonds. The number of methoxy groups -OCH3 is 1. The van der Waals surface area contributed by atoms with Gasteiger partial charge in [0.2, 0.25) is 0 Å². The van der Waals surface area contributed by atoms with Crippen molar-refractivity contribution in [1.82, 2.24) is 5.32 Å². The van der Waals surface area contributed by atoms with Crippen molar-refractivity contribution in [3.63, 3.8) is 0 Å². The molecule has 0 heterocycles. The third-order valence-corrected chi connectivity index (χ3v) is 4.20. The number of esters is 1. The number of thioether (sulfide) groups is 1. The average Bonchev–Trinajstić information content (AvgIpc) is 2.48. The van der Waals surface area contributed by atoms with E-state index in [4.69, 9.17) is 9.47 Å². The van der Waals surface area contributed by atoms with Gasteiger partial charge in [-0.25, -0.2) is 0 Å². The van der Waals surface area contributed by atoms with Crippen molar-refractivity contribution in [2.45, 2.75) is 37.6 Å². The molecule has 0 aliphatic rings. The largest absolute Gasteiger partial charge is 0.497 e. The van der Waals surface area contributed by atoms with Gasteiger partial charge >= 0.3 is 5.97 Å². The normalized spacial score (nSPS) is 13.5. The van der Waals surface area contributed by atoms with Crippen LogP contribution in [0.5, 0.6) is 5.75 Å². The van der Waals surface area contributed by atoms with E-state index in [1.807, 2.05) is 45.0 Å². The lowest BCUT2D eigenvalue weighted by molar-refractivity contribution is -0.150. The number of benzene rings is 1. The Morgan fingerprint density at radius 3 is 2.76 bits per heavy atom. The van der Waals surface area contributed by atoms with Crippen LogP contribution >= 0.6 is 11.8 Å². The van der Waals surface area contributed by atoms with Crippen LogP contribution in [0.1, 0.15) is 27.2 Å². The molecular formula is C16H25NO3S. The van der Waals surface area contributed by atoms with Gasteiger partial charge in [0.15, 0.2) is 0 Å². The van der Waals surface area contributed by atoms with Gasteiger partial charge in [0.25, 0.3) is 0 Å². The highest BCUT2D eigenvalue weighted by atomic mass is 32.2. The van der Waals surface area contributed by atoms with Crippen LogP contribution in [0.2, 0.25) is 0 Å². The lowest BCUT2D eigenvalue weighted by Gasteiger charge is -2.27. The van der Waals surface area contributed by atoms with Gasteiger partial charge in [0.1, 0.15) is 11.3 Å². The molecule has 0 aliphatic carbocycles. The highest BCUT2D eigenvalue weighted by Crippen LogP contribution is 2.25. The maximum absolute atomic E-state index is 12.1. The first-order valence-corrected chi connectivity index (χ1v) is 8.23. The zero-order chi connectivity index (χ0) is 15.7. The third-order valence-electron chi connectivity index (χ3n) is 3.20. The quantitative estimate of drug-likeness (QED) is 0.561. The monoisotopic (exact) mass is 311 g/mol. The summed E-state index contributed by atoms with van der Waals surface area (Å²) in [5.74, 6) is 1.49. The Hall–Kier alpha value is -1.20. The van der Waals surface area contributed by atoms with Crippen LogP contribution in [0.4, 0.5) is 0 Å². The Morgan fingerprint density at radius 1 is 1.38 bits per heavy atom. The van der Waals surface area contributed by atoms with E-state index in [2.05, 4.69) is 5.32 Å². The van der Waals surface area contributed by atoms with E-state index in [1.165, 1.54) is 0 Å². The van der Waals surface area contributed by atoms with Crippen molar-refractivity contribution in [2.24, 2.45) is 0 Å². The fourth-order valence-electron chi connectivity index (χ4n) is 2.01. The lowest BCUT2D eigenvalue weighted by Crippen LogP contribution is -2.50. The second-order valence-corrected chi connectivity index (χ2v) is 6.03. The molecule has 0 radical (unpaired) electrons. The number of carbonyl (C=O) groups is 1. The van der Waals surface area contributed by atoms with Crippen LogP contribution in [-0.4, -0.2) is 37.5 Å². The molecule has 1 N–H and O–H groups in total. The predicted molar refractivity (Wildman–Crippen MR) is 87.0 cm³/mol. The van der Waals surface area contributed by atoms with Crippen LogP contribution in [0, 0.1) is 0 Å². The number of carbonyl (C=O) groups excluding carboxylic acids is 1. The molecule has 1 aromatic rings. The second kappa shape index (κ2) is 8.95. The first kappa shape index (κ1) is 17.9.